The van der Waals surface area contributed by atoms with Crippen LogP contribution in [-0.2, 0) is 4.79 Å². The van der Waals surface area contributed by atoms with Gasteiger partial charge >= 0.3 is 0 Å². The van der Waals surface area contributed by atoms with Gasteiger partial charge in [0.1, 0.15) is 0 Å². The summed E-state index contributed by atoms with van der Waals surface area (Å²) in [5.41, 5.74) is 2.27. The number of aliphatic hydroxyl groups is 2. The zero-order chi connectivity index (χ0) is 21.1. The zero-order valence-electron chi connectivity index (χ0n) is 16.4. The molecule has 2 aromatic carbocycles. The van der Waals surface area contributed by atoms with Gasteiger partial charge in [0.2, 0.25) is 0 Å². The number of carbonyl (C=O) groups is 2. The van der Waals surface area contributed by atoms with Crippen molar-refractivity contribution in [2.24, 2.45) is 0 Å². The second kappa shape index (κ2) is 8.54. The van der Waals surface area contributed by atoms with E-state index in [1.54, 1.807) is 18.2 Å². The Labute approximate surface area is 174 Å². The summed E-state index contributed by atoms with van der Waals surface area (Å²) in [6.45, 7) is 1.08. The van der Waals surface area contributed by atoms with Crippen LogP contribution in [0.2, 0.25) is 0 Å². The van der Waals surface area contributed by atoms with Crippen molar-refractivity contribution in [1.29, 1.82) is 0 Å². The molecule has 1 unspecified atom stereocenters. The van der Waals surface area contributed by atoms with Crippen LogP contribution in [0.15, 0.2) is 60.8 Å². The maximum absolute atomic E-state index is 12.7. The third-order valence-electron chi connectivity index (χ3n) is 5.28. The van der Waals surface area contributed by atoms with Crippen molar-refractivity contribution in [2.45, 2.75) is 25.0 Å². The minimum atomic E-state index is -1.83. The predicted octanol–water partition coefficient (Wildman–Crippen LogP) is 2.03. The molecular weight excluding hydrogens is 380 g/mol. The van der Waals surface area contributed by atoms with Gasteiger partial charge in [-0.15, -0.1) is 0 Å². The first-order valence-corrected chi connectivity index (χ1v) is 9.92. The number of nitrogens with zero attached hydrogens (tertiary/aromatic N) is 2. The normalized spacial score (nSPS) is 15.5. The van der Waals surface area contributed by atoms with Crippen LogP contribution in [0.25, 0.3) is 10.9 Å². The molecule has 0 spiro atoms. The molecule has 152 valence electrons. The average Bonchev–Trinajstić information content (AvgIpc) is 3.46. The average molecular weight is 402 g/mol. The molecule has 2 N–H and O–H groups in total. The Morgan fingerprint density at radius 1 is 0.833 bits per heavy atom. The van der Waals surface area contributed by atoms with E-state index in [1.165, 1.54) is 15.7 Å². The van der Waals surface area contributed by atoms with Crippen molar-refractivity contribution in [1.82, 2.24) is 9.47 Å². The van der Waals surface area contributed by atoms with Crippen molar-refractivity contribution in [3.05, 3.63) is 71.9 Å². The molecule has 0 saturated carbocycles. The summed E-state index contributed by atoms with van der Waals surface area (Å²) >= 11 is 0. The highest BCUT2D eigenvalue weighted by molar-refractivity contribution is 5.98. The predicted molar refractivity (Wildman–Crippen MR) is 113 cm³/mol. The number of aliphatic hydroxyl groups excluding tert-OH is 2. The number of aromatic nitrogens is 1. The van der Waals surface area contributed by atoms with Crippen LogP contribution in [-0.4, -0.2) is 56.8 Å². The number of hydrogen-bond donors (Lipinski definition) is 2. The van der Waals surface area contributed by atoms with Gasteiger partial charge in [0.05, 0.1) is 5.52 Å². The summed E-state index contributed by atoms with van der Waals surface area (Å²) in [5, 5.41) is 21.3. The molecule has 0 radical (unpaired) electrons. The lowest BCUT2D eigenvalue weighted by Gasteiger charge is -2.22. The minimum absolute atomic E-state index is 0.538. The fraction of sp³-hybridized carbons (Fsp3) is 0.250. The van der Waals surface area contributed by atoms with E-state index >= 15 is 0 Å². The van der Waals surface area contributed by atoms with E-state index < -0.39 is 24.0 Å². The lowest BCUT2D eigenvalue weighted by atomic mass is 10.1. The van der Waals surface area contributed by atoms with E-state index in [-0.39, 0.29) is 0 Å². The molecule has 1 saturated heterocycles. The molecule has 1 aromatic heterocycles. The molecule has 30 heavy (non-hydrogen) atoms. The fourth-order valence-electron chi connectivity index (χ4n) is 3.62. The molecule has 2 atom stereocenters. The first kappa shape index (κ1) is 19.9. The Balaban J connectivity index is 1.53. The molecule has 1 aliphatic rings. The third-order valence-corrected chi connectivity index (χ3v) is 5.28. The standard InChI is InChI=1S/C24H22N2O4/c27-21(23(29)25-13-4-5-14-25)22(28)24(30)26-15-12-19-16-18(10-11-20(19)26)9-8-17-6-2-1-3-7-17/h1-3,6-7,10-12,15-16,21-22,27-28H,4-5,13-14H2/t21?,22-/m1/s1. The Morgan fingerprint density at radius 3 is 2.23 bits per heavy atom. The molecule has 3 aromatic rings. The first-order valence-electron chi connectivity index (χ1n) is 9.92. The molecule has 1 aliphatic heterocycles. The number of carbonyl (C=O) groups excluding carboxylic acids is 2. The lowest BCUT2D eigenvalue weighted by molar-refractivity contribution is -0.143. The highest BCUT2D eigenvalue weighted by atomic mass is 16.3. The van der Waals surface area contributed by atoms with Crippen molar-refractivity contribution in [3.63, 3.8) is 0 Å². The number of hydrogen-bond acceptors (Lipinski definition) is 4. The van der Waals surface area contributed by atoms with Gasteiger partial charge in [0.15, 0.2) is 12.2 Å². The summed E-state index contributed by atoms with van der Waals surface area (Å²) < 4.78 is 1.26. The second-order valence-corrected chi connectivity index (χ2v) is 7.34. The van der Waals surface area contributed by atoms with Crippen molar-refractivity contribution in [3.8, 4) is 11.8 Å². The van der Waals surface area contributed by atoms with Gasteiger partial charge in [-0.05, 0) is 49.2 Å². The number of fused-ring (bicyclic) bond motifs is 1. The van der Waals surface area contributed by atoms with Crippen molar-refractivity contribution < 1.29 is 19.8 Å². The number of benzene rings is 2. The maximum Gasteiger partial charge on any atom is 0.263 e. The van der Waals surface area contributed by atoms with E-state index in [4.69, 9.17) is 0 Å². The van der Waals surface area contributed by atoms with E-state index in [2.05, 4.69) is 11.8 Å². The van der Waals surface area contributed by atoms with Gasteiger partial charge in [0, 0.05) is 35.8 Å². The zero-order valence-corrected chi connectivity index (χ0v) is 16.4. The van der Waals surface area contributed by atoms with E-state index in [9.17, 15) is 19.8 Å². The smallest absolute Gasteiger partial charge is 0.263 e. The Bertz CT molecular complexity index is 1130. The third kappa shape index (κ3) is 3.99. The molecule has 2 heterocycles. The van der Waals surface area contributed by atoms with Crippen LogP contribution in [0.1, 0.15) is 28.8 Å². The van der Waals surface area contributed by atoms with Gasteiger partial charge in [-0.3, -0.25) is 14.2 Å². The van der Waals surface area contributed by atoms with Crippen LogP contribution in [0, 0.1) is 11.8 Å². The lowest BCUT2D eigenvalue weighted by Crippen LogP contribution is -2.48. The SMILES string of the molecule is O=C(C(O)[C@@H](O)C(=O)n1ccc2cc(C#Cc3ccccc3)ccc21)N1CCCC1. The van der Waals surface area contributed by atoms with Crippen molar-refractivity contribution >= 4 is 22.7 Å². The van der Waals surface area contributed by atoms with E-state index in [0.717, 1.165) is 29.4 Å². The molecule has 0 aliphatic carbocycles. The Kier molecular flexibility index (Phi) is 5.66. The van der Waals surface area contributed by atoms with Crippen LogP contribution < -0.4 is 0 Å². The van der Waals surface area contributed by atoms with Crippen LogP contribution in [0.4, 0.5) is 0 Å². The van der Waals surface area contributed by atoms with Gasteiger partial charge in [-0.1, -0.05) is 30.0 Å². The molecule has 6 heteroatoms. The van der Waals surface area contributed by atoms with Crippen LogP contribution in [0.3, 0.4) is 0 Å². The Hall–Kier alpha value is -3.40. The Morgan fingerprint density at radius 2 is 1.50 bits per heavy atom. The van der Waals surface area contributed by atoms with E-state index in [1.807, 2.05) is 36.4 Å². The molecule has 1 amide bonds. The van der Waals surface area contributed by atoms with E-state index in [0.29, 0.717) is 18.6 Å². The molecule has 6 nitrogen and oxygen atoms in total. The van der Waals surface area contributed by atoms with Gasteiger partial charge in [-0.2, -0.15) is 0 Å². The number of rotatable bonds is 3. The number of likely N-dealkylation sites (tertiary alicyclic amines) is 1. The molecule has 0 bridgehead atoms. The largest absolute Gasteiger partial charge is 0.380 e. The van der Waals surface area contributed by atoms with Gasteiger partial charge < -0.3 is 15.1 Å². The first-order chi connectivity index (χ1) is 14.5. The number of amides is 1. The summed E-state index contributed by atoms with van der Waals surface area (Å²) in [6, 6.07) is 16.8. The monoisotopic (exact) mass is 402 g/mol. The van der Waals surface area contributed by atoms with Crippen molar-refractivity contribution in [2.75, 3.05) is 13.1 Å². The minimum Gasteiger partial charge on any atom is -0.380 e. The summed E-state index contributed by atoms with van der Waals surface area (Å²) in [6.07, 6.45) is -0.353. The maximum atomic E-state index is 12.7. The molecule has 1 fully saturated rings. The summed E-state index contributed by atoms with van der Waals surface area (Å²) in [5.74, 6) is 4.83. The van der Waals surface area contributed by atoms with Crippen LogP contribution in [0.5, 0.6) is 0 Å². The van der Waals surface area contributed by atoms with Crippen LogP contribution >= 0.6 is 0 Å². The second-order valence-electron chi connectivity index (χ2n) is 7.34. The quantitative estimate of drug-likeness (QED) is 0.657. The highest BCUT2D eigenvalue weighted by Crippen LogP contribution is 2.19. The summed E-state index contributed by atoms with van der Waals surface area (Å²) in [7, 11) is 0. The molecule has 4 rings (SSSR count). The van der Waals surface area contributed by atoms with Gasteiger partial charge in [0.25, 0.3) is 11.8 Å². The fourth-order valence-corrected chi connectivity index (χ4v) is 3.62. The highest BCUT2D eigenvalue weighted by Gasteiger charge is 2.35. The summed E-state index contributed by atoms with van der Waals surface area (Å²) in [4.78, 5) is 26.5. The topological polar surface area (TPSA) is 82.8 Å². The molecular formula is C24H22N2O4. The van der Waals surface area contributed by atoms with Gasteiger partial charge in [-0.25, -0.2) is 0 Å².